The van der Waals surface area contributed by atoms with Crippen LogP contribution in [-0.4, -0.2) is 66.3 Å². The number of amides is 2. The molecule has 0 spiro atoms. The van der Waals surface area contributed by atoms with Crippen LogP contribution >= 0.6 is 22.9 Å². The van der Waals surface area contributed by atoms with Crippen molar-refractivity contribution >= 4 is 34.7 Å². The van der Waals surface area contributed by atoms with Gasteiger partial charge in [-0.15, -0.1) is 0 Å². The normalized spacial score (nSPS) is 16.5. The molecule has 6 nitrogen and oxygen atoms in total. The van der Waals surface area contributed by atoms with Crippen LogP contribution in [0.4, 0.5) is 0 Å². The molecule has 2 amide bonds. The SMILES string of the molecule is CCN(C)C(=O)CCCOCCNC(=O)C1CCN(I)CC1. The van der Waals surface area contributed by atoms with Crippen LogP contribution in [0.3, 0.4) is 0 Å². The molecular weight excluding hydrogens is 397 g/mol. The smallest absolute Gasteiger partial charge is 0.223 e. The van der Waals surface area contributed by atoms with E-state index in [0.717, 1.165) is 38.9 Å². The van der Waals surface area contributed by atoms with Crippen molar-refractivity contribution in [3.05, 3.63) is 0 Å². The van der Waals surface area contributed by atoms with Gasteiger partial charge in [-0.1, -0.05) is 0 Å². The molecule has 1 saturated heterocycles. The van der Waals surface area contributed by atoms with Crippen LogP contribution in [0.5, 0.6) is 0 Å². The number of hydrogen-bond donors (Lipinski definition) is 1. The number of nitrogens with zero attached hydrogens (tertiary/aromatic N) is 2. The third-order valence-corrected chi connectivity index (χ3v) is 4.90. The first-order valence-electron chi connectivity index (χ1n) is 8.04. The molecule has 0 aromatic carbocycles. The van der Waals surface area contributed by atoms with Crippen molar-refractivity contribution in [2.45, 2.75) is 32.6 Å². The fourth-order valence-corrected chi connectivity index (χ4v) is 2.85. The molecule has 128 valence electrons. The van der Waals surface area contributed by atoms with E-state index in [4.69, 9.17) is 4.74 Å². The molecule has 1 fully saturated rings. The first-order valence-corrected chi connectivity index (χ1v) is 9.01. The lowest BCUT2D eigenvalue weighted by atomic mass is 9.97. The maximum absolute atomic E-state index is 12.0. The van der Waals surface area contributed by atoms with E-state index in [0.29, 0.717) is 26.2 Å². The van der Waals surface area contributed by atoms with Gasteiger partial charge in [0.25, 0.3) is 0 Å². The monoisotopic (exact) mass is 425 g/mol. The third kappa shape index (κ3) is 7.73. The van der Waals surface area contributed by atoms with Gasteiger partial charge in [-0.2, -0.15) is 0 Å². The zero-order chi connectivity index (χ0) is 16.4. The van der Waals surface area contributed by atoms with Crippen LogP contribution in [-0.2, 0) is 14.3 Å². The van der Waals surface area contributed by atoms with Crippen molar-refractivity contribution in [1.29, 1.82) is 0 Å². The summed E-state index contributed by atoms with van der Waals surface area (Å²) < 4.78 is 7.68. The molecular formula is C15H28IN3O3. The summed E-state index contributed by atoms with van der Waals surface area (Å²) in [5, 5.41) is 2.93. The summed E-state index contributed by atoms with van der Waals surface area (Å²) in [6, 6.07) is 0. The summed E-state index contributed by atoms with van der Waals surface area (Å²) in [6.07, 6.45) is 3.11. The molecule has 22 heavy (non-hydrogen) atoms. The number of hydrogen-bond acceptors (Lipinski definition) is 4. The largest absolute Gasteiger partial charge is 0.380 e. The van der Waals surface area contributed by atoms with Gasteiger partial charge in [0, 0.05) is 75.0 Å². The Morgan fingerprint density at radius 1 is 1.32 bits per heavy atom. The summed E-state index contributed by atoms with van der Waals surface area (Å²) in [5.41, 5.74) is 0. The molecule has 0 bridgehead atoms. The highest BCUT2D eigenvalue weighted by Crippen LogP contribution is 2.19. The van der Waals surface area contributed by atoms with Gasteiger partial charge in [0.1, 0.15) is 0 Å². The molecule has 1 N–H and O–H groups in total. The van der Waals surface area contributed by atoms with Crippen molar-refractivity contribution in [2.75, 3.05) is 46.4 Å². The van der Waals surface area contributed by atoms with Gasteiger partial charge in [0.2, 0.25) is 11.8 Å². The van der Waals surface area contributed by atoms with Crippen LogP contribution < -0.4 is 5.32 Å². The van der Waals surface area contributed by atoms with Gasteiger partial charge in [0.15, 0.2) is 0 Å². The van der Waals surface area contributed by atoms with Crippen molar-refractivity contribution in [1.82, 2.24) is 13.3 Å². The van der Waals surface area contributed by atoms with E-state index < -0.39 is 0 Å². The van der Waals surface area contributed by atoms with Crippen molar-refractivity contribution < 1.29 is 14.3 Å². The van der Waals surface area contributed by atoms with Gasteiger partial charge in [-0.25, -0.2) is 3.11 Å². The molecule has 1 rings (SSSR count). The minimum atomic E-state index is 0.146. The summed E-state index contributed by atoms with van der Waals surface area (Å²) in [7, 11) is 1.81. The number of carbonyl (C=O) groups excluding carboxylic acids is 2. The van der Waals surface area contributed by atoms with Gasteiger partial charge in [0.05, 0.1) is 6.61 Å². The van der Waals surface area contributed by atoms with Crippen molar-refractivity contribution in [3.8, 4) is 0 Å². The number of nitrogens with one attached hydrogen (secondary N) is 1. The number of rotatable bonds is 9. The summed E-state index contributed by atoms with van der Waals surface area (Å²) in [6.45, 7) is 6.28. The highest BCUT2D eigenvalue weighted by atomic mass is 127. The highest BCUT2D eigenvalue weighted by Gasteiger charge is 2.23. The van der Waals surface area contributed by atoms with Crippen LogP contribution in [0.1, 0.15) is 32.6 Å². The van der Waals surface area contributed by atoms with E-state index in [1.165, 1.54) is 0 Å². The zero-order valence-corrected chi connectivity index (χ0v) is 15.8. The summed E-state index contributed by atoms with van der Waals surface area (Å²) in [5.74, 6) is 0.446. The van der Waals surface area contributed by atoms with Crippen molar-refractivity contribution in [2.24, 2.45) is 5.92 Å². The first kappa shape index (κ1) is 19.6. The van der Waals surface area contributed by atoms with Gasteiger partial charge < -0.3 is 15.0 Å². The van der Waals surface area contributed by atoms with Gasteiger partial charge >= 0.3 is 0 Å². The molecule has 0 aromatic heterocycles. The second-order valence-electron chi connectivity index (χ2n) is 5.60. The fraction of sp³-hybridized carbons (Fsp3) is 0.867. The van der Waals surface area contributed by atoms with Crippen LogP contribution in [0.15, 0.2) is 0 Å². The van der Waals surface area contributed by atoms with E-state index in [1.807, 2.05) is 6.92 Å². The minimum absolute atomic E-state index is 0.146. The number of piperidine rings is 1. The van der Waals surface area contributed by atoms with Crippen molar-refractivity contribution in [3.63, 3.8) is 0 Å². The lowest BCUT2D eigenvalue weighted by Crippen LogP contribution is -2.38. The number of carbonyl (C=O) groups is 2. The Labute approximate surface area is 147 Å². The summed E-state index contributed by atoms with van der Waals surface area (Å²) in [4.78, 5) is 25.2. The minimum Gasteiger partial charge on any atom is -0.380 e. The molecule has 0 atom stereocenters. The Bertz CT molecular complexity index is 347. The average molecular weight is 425 g/mol. The molecule has 1 aliphatic rings. The molecule has 1 heterocycles. The average Bonchev–Trinajstić information content (AvgIpc) is 2.53. The van der Waals surface area contributed by atoms with E-state index in [2.05, 4.69) is 31.3 Å². The predicted molar refractivity (Wildman–Crippen MR) is 94.7 cm³/mol. The maximum atomic E-state index is 12.0. The summed E-state index contributed by atoms with van der Waals surface area (Å²) >= 11 is 2.30. The maximum Gasteiger partial charge on any atom is 0.223 e. The molecule has 0 saturated carbocycles. The Morgan fingerprint density at radius 3 is 2.64 bits per heavy atom. The van der Waals surface area contributed by atoms with Gasteiger partial charge in [-0.3, -0.25) is 9.59 Å². The molecule has 0 unspecified atom stereocenters. The van der Waals surface area contributed by atoms with Crippen LogP contribution in [0.25, 0.3) is 0 Å². The second kappa shape index (κ2) is 11.2. The van der Waals surface area contributed by atoms with E-state index in [9.17, 15) is 9.59 Å². The topological polar surface area (TPSA) is 61.9 Å². The Kier molecular flexibility index (Phi) is 9.98. The third-order valence-electron chi connectivity index (χ3n) is 3.94. The predicted octanol–water partition coefficient (Wildman–Crippen LogP) is 1.44. The van der Waals surface area contributed by atoms with E-state index in [-0.39, 0.29) is 17.7 Å². The molecule has 0 radical (unpaired) electrons. The second-order valence-corrected chi connectivity index (χ2v) is 6.96. The lowest BCUT2D eigenvalue weighted by molar-refractivity contribution is -0.130. The molecule has 1 aliphatic heterocycles. The Balaban J connectivity index is 1.97. The lowest BCUT2D eigenvalue weighted by Gasteiger charge is -2.26. The Morgan fingerprint density at radius 2 is 2.00 bits per heavy atom. The van der Waals surface area contributed by atoms with E-state index >= 15 is 0 Å². The molecule has 7 heteroatoms. The number of halogens is 1. The number of ether oxygens (including phenoxy) is 1. The van der Waals surface area contributed by atoms with Crippen LogP contribution in [0.2, 0.25) is 0 Å². The van der Waals surface area contributed by atoms with E-state index in [1.54, 1.807) is 11.9 Å². The van der Waals surface area contributed by atoms with Gasteiger partial charge in [-0.05, 0) is 26.2 Å². The zero-order valence-electron chi connectivity index (χ0n) is 13.6. The quantitative estimate of drug-likeness (QED) is 0.345. The molecule has 0 aromatic rings. The Hall–Kier alpha value is -0.410. The fourth-order valence-electron chi connectivity index (χ4n) is 2.30. The first-order chi connectivity index (χ1) is 10.5. The molecule has 0 aliphatic carbocycles. The standard InChI is InChI=1S/C15H28IN3O3/c1-3-18(2)14(20)5-4-11-22-12-8-17-15(21)13-6-9-19(16)10-7-13/h13H,3-12H2,1-2H3,(H,17,21). The highest BCUT2D eigenvalue weighted by molar-refractivity contribution is 14.1. The van der Waals surface area contributed by atoms with Crippen LogP contribution in [0, 0.1) is 5.92 Å².